The van der Waals surface area contributed by atoms with E-state index in [1.165, 1.54) is 18.2 Å². The fourth-order valence-electron chi connectivity index (χ4n) is 2.54. The van der Waals surface area contributed by atoms with E-state index in [0.717, 1.165) is 21.9 Å². The number of pyridine rings is 1. The van der Waals surface area contributed by atoms with Crippen molar-refractivity contribution in [2.75, 3.05) is 0 Å². The van der Waals surface area contributed by atoms with Crippen molar-refractivity contribution in [1.29, 1.82) is 0 Å². The molecule has 0 amide bonds. The molecule has 6 heteroatoms. The minimum atomic E-state index is -4.71. The molecule has 1 aromatic heterocycles. The van der Waals surface area contributed by atoms with Crippen molar-refractivity contribution < 1.29 is 17.9 Å². The molecular weight excluding hydrogens is 305 g/mol. The van der Waals surface area contributed by atoms with Gasteiger partial charge in [-0.15, -0.1) is 13.2 Å². The van der Waals surface area contributed by atoms with Gasteiger partial charge in [0.2, 0.25) is 0 Å². The highest BCUT2D eigenvalue weighted by Gasteiger charge is 2.31. The predicted octanol–water partition coefficient (Wildman–Crippen LogP) is 4.26. The van der Waals surface area contributed by atoms with Gasteiger partial charge in [0, 0.05) is 24.3 Å². The van der Waals surface area contributed by atoms with Gasteiger partial charge in [0.25, 0.3) is 0 Å². The Morgan fingerprint density at radius 2 is 1.87 bits per heavy atom. The van der Waals surface area contributed by atoms with Crippen LogP contribution in [0.25, 0.3) is 21.9 Å². The average Bonchev–Trinajstić information content (AvgIpc) is 2.52. The molecular formula is C17H13F3N2O. The van der Waals surface area contributed by atoms with Crippen LogP contribution in [-0.4, -0.2) is 11.3 Å². The summed E-state index contributed by atoms with van der Waals surface area (Å²) in [5, 5.41) is 1.77. The molecule has 3 rings (SSSR count). The van der Waals surface area contributed by atoms with Gasteiger partial charge in [-0.3, -0.25) is 4.98 Å². The third-order valence-corrected chi connectivity index (χ3v) is 3.51. The van der Waals surface area contributed by atoms with Crippen LogP contribution in [0, 0.1) is 0 Å². The summed E-state index contributed by atoms with van der Waals surface area (Å²) in [6.07, 6.45) is -1.37. The van der Waals surface area contributed by atoms with Gasteiger partial charge >= 0.3 is 6.36 Å². The van der Waals surface area contributed by atoms with Crippen LogP contribution < -0.4 is 10.5 Å². The summed E-state index contributed by atoms with van der Waals surface area (Å²) in [5.74, 6) is -0.250. The molecule has 0 saturated carbocycles. The van der Waals surface area contributed by atoms with E-state index in [1.807, 2.05) is 18.2 Å². The number of nitrogens with two attached hydrogens (primary N) is 1. The summed E-state index contributed by atoms with van der Waals surface area (Å²) in [6.45, 7) is 0.361. The summed E-state index contributed by atoms with van der Waals surface area (Å²) in [7, 11) is 0. The van der Waals surface area contributed by atoms with Crippen molar-refractivity contribution in [2.45, 2.75) is 12.9 Å². The average molecular weight is 318 g/mol. The highest BCUT2D eigenvalue weighted by atomic mass is 19.4. The predicted molar refractivity (Wildman–Crippen MR) is 81.8 cm³/mol. The molecule has 118 valence electrons. The van der Waals surface area contributed by atoms with Crippen LogP contribution in [0.1, 0.15) is 5.56 Å². The van der Waals surface area contributed by atoms with Crippen LogP contribution in [0.15, 0.2) is 54.9 Å². The number of aromatic nitrogens is 1. The van der Waals surface area contributed by atoms with Gasteiger partial charge in [0.05, 0.1) is 0 Å². The molecule has 0 radical (unpaired) electrons. The first-order chi connectivity index (χ1) is 11.0. The second-order valence-corrected chi connectivity index (χ2v) is 4.97. The van der Waals surface area contributed by atoms with E-state index in [9.17, 15) is 13.2 Å². The van der Waals surface area contributed by atoms with Crippen LogP contribution in [0.5, 0.6) is 5.75 Å². The maximum atomic E-state index is 12.4. The molecule has 0 aliphatic heterocycles. The number of hydrogen-bond donors (Lipinski definition) is 1. The Morgan fingerprint density at radius 1 is 1.04 bits per heavy atom. The first-order valence-corrected chi connectivity index (χ1v) is 6.90. The number of alkyl halides is 3. The van der Waals surface area contributed by atoms with Gasteiger partial charge in [0.15, 0.2) is 0 Å². The number of nitrogens with zero attached hydrogens (tertiary/aromatic N) is 1. The quantitative estimate of drug-likeness (QED) is 0.785. The summed E-state index contributed by atoms with van der Waals surface area (Å²) >= 11 is 0. The first kappa shape index (κ1) is 15.3. The number of hydrogen-bond acceptors (Lipinski definition) is 3. The van der Waals surface area contributed by atoms with Crippen LogP contribution >= 0.6 is 0 Å². The fraction of sp³-hybridized carbons (Fsp3) is 0.118. The highest BCUT2D eigenvalue weighted by molar-refractivity contribution is 5.98. The van der Waals surface area contributed by atoms with Gasteiger partial charge in [-0.05, 0) is 40.3 Å². The summed E-state index contributed by atoms with van der Waals surface area (Å²) in [4.78, 5) is 4.09. The number of ether oxygens (including phenoxy) is 1. The summed E-state index contributed by atoms with van der Waals surface area (Å²) < 4.78 is 41.1. The first-order valence-electron chi connectivity index (χ1n) is 6.90. The topological polar surface area (TPSA) is 48.1 Å². The van der Waals surface area contributed by atoms with Gasteiger partial charge in [-0.2, -0.15) is 0 Å². The molecule has 1 heterocycles. The second kappa shape index (κ2) is 5.89. The Labute approximate surface area is 130 Å². The Kier molecular flexibility index (Phi) is 3.92. The highest BCUT2D eigenvalue weighted by Crippen LogP contribution is 2.33. The fourth-order valence-corrected chi connectivity index (χ4v) is 2.54. The van der Waals surface area contributed by atoms with E-state index < -0.39 is 6.36 Å². The van der Waals surface area contributed by atoms with Crippen molar-refractivity contribution in [3.05, 3.63) is 60.4 Å². The molecule has 0 fully saturated rings. The molecule has 0 unspecified atom stereocenters. The van der Waals surface area contributed by atoms with Crippen LogP contribution in [0.3, 0.4) is 0 Å². The lowest BCUT2D eigenvalue weighted by molar-refractivity contribution is -0.274. The molecule has 3 aromatic rings. The van der Waals surface area contributed by atoms with E-state index in [-0.39, 0.29) is 5.75 Å². The molecule has 0 bridgehead atoms. The van der Waals surface area contributed by atoms with Gasteiger partial charge < -0.3 is 10.5 Å². The summed E-state index contributed by atoms with van der Waals surface area (Å²) in [6, 6.07) is 11.4. The number of fused-ring (bicyclic) bond motifs is 1. The van der Waals surface area contributed by atoms with E-state index in [2.05, 4.69) is 9.72 Å². The summed E-state index contributed by atoms with van der Waals surface area (Å²) in [5.41, 5.74) is 8.08. The van der Waals surface area contributed by atoms with Gasteiger partial charge in [0.1, 0.15) is 5.75 Å². The SMILES string of the molecule is NCc1ccc(-c2cccc(OC(F)(F)F)c2)c2ccncc12. The van der Waals surface area contributed by atoms with Crippen molar-refractivity contribution >= 4 is 10.8 Å². The third kappa shape index (κ3) is 3.27. The zero-order chi connectivity index (χ0) is 16.4. The molecule has 0 atom stereocenters. The van der Waals surface area contributed by atoms with E-state index in [0.29, 0.717) is 12.1 Å². The van der Waals surface area contributed by atoms with Crippen LogP contribution in [-0.2, 0) is 6.54 Å². The third-order valence-electron chi connectivity index (χ3n) is 3.51. The maximum Gasteiger partial charge on any atom is 0.573 e. The van der Waals surface area contributed by atoms with Gasteiger partial charge in [-0.1, -0.05) is 24.3 Å². The Balaban J connectivity index is 2.12. The smallest absolute Gasteiger partial charge is 0.406 e. The molecule has 2 aromatic carbocycles. The zero-order valence-corrected chi connectivity index (χ0v) is 12.0. The largest absolute Gasteiger partial charge is 0.573 e. The van der Waals surface area contributed by atoms with E-state index >= 15 is 0 Å². The lowest BCUT2D eigenvalue weighted by Gasteiger charge is -2.12. The maximum absolute atomic E-state index is 12.4. The Morgan fingerprint density at radius 3 is 2.61 bits per heavy atom. The zero-order valence-electron chi connectivity index (χ0n) is 12.0. The molecule has 0 aliphatic carbocycles. The van der Waals surface area contributed by atoms with Crippen molar-refractivity contribution in [1.82, 2.24) is 4.98 Å². The minimum Gasteiger partial charge on any atom is -0.406 e. The monoisotopic (exact) mass is 318 g/mol. The molecule has 23 heavy (non-hydrogen) atoms. The molecule has 0 aliphatic rings. The number of benzene rings is 2. The normalized spacial score (nSPS) is 11.7. The molecule has 0 spiro atoms. The lowest BCUT2D eigenvalue weighted by Crippen LogP contribution is -2.17. The van der Waals surface area contributed by atoms with Crippen LogP contribution in [0.4, 0.5) is 13.2 Å². The Hall–Kier alpha value is -2.60. The minimum absolute atomic E-state index is 0.250. The number of halogens is 3. The molecule has 3 nitrogen and oxygen atoms in total. The van der Waals surface area contributed by atoms with Gasteiger partial charge in [-0.25, -0.2) is 0 Å². The number of rotatable bonds is 3. The Bertz CT molecular complexity index is 847. The molecule has 0 saturated heterocycles. The van der Waals surface area contributed by atoms with E-state index in [1.54, 1.807) is 18.5 Å². The van der Waals surface area contributed by atoms with E-state index in [4.69, 9.17) is 5.73 Å². The van der Waals surface area contributed by atoms with Crippen LogP contribution in [0.2, 0.25) is 0 Å². The van der Waals surface area contributed by atoms with Crippen molar-refractivity contribution in [2.24, 2.45) is 5.73 Å². The van der Waals surface area contributed by atoms with Crippen molar-refractivity contribution in [3.8, 4) is 16.9 Å². The van der Waals surface area contributed by atoms with Crippen molar-refractivity contribution in [3.63, 3.8) is 0 Å². The molecule has 2 N–H and O–H groups in total. The standard InChI is InChI=1S/C17H13F3N2O/c18-17(19,20)23-13-3-1-2-11(8-13)14-5-4-12(9-21)16-10-22-7-6-15(14)16/h1-8,10H,9,21H2. The lowest BCUT2D eigenvalue weighted by atomic mass is 9.96. The second-order valence-electron chi connectivity index (χ2n) is 4.97.